The lowest BCUT2D eigenvalue weighted by atomic mass is 10.1. The summed E-state index contributed by atoms with van der Waals surface area (Å²) in [6.07, 6.45) is 1.95. The number of aryl methyl sites for hydroxylation is 1. The number of hydrogen-bond acceptors (Lipinski definition) is 4. The van der Waals surface area contributed by atoms with Crippen molar-refractivity contribution in [2.45, 2.75) is 51.8 Å². The Morgan fingerprint density at radius 3 is 2.86 bits per heavy atom. The Hall–Kier alpha value is -1.40. The molecule has 0 unspecified atom stereocenters. The average molecular weight is 294 g/mol. The van der Waals surface area contributed by atoms with Crippen LogP contribution in [0.15, 0.2) is 6.07 Å². The van der Waals surface area contributed by atoms with Crippen molar-refractivity contribution in [3.05, 3.63) is 17.5 Å². The first-order chi connectivity index (χ1) is 10.1. The summed E-state index contributed by atoms with van der Waals surface area (Å²) in [5.74, 6) is -0.0711. The lowest BCUT2D eigenvalue weighted by Crippen LogP contribution is -2.44. The van der Waals surface area contributed by atoms with Gasteiger partial charge in [0.05, 0.1) is 23.9 Å². The average Bonchev–Trinajstić information content (AvgIpc) is 3.07. The van der Waals surface area contributed by atoms with Gasteiger partial charge in [0.15, 0.2) is 0 Å². The second kappa shape index (κ2) is 7.04. The summed E-state index contributed by atoms with van der Waals surface area (Å²) in [6.45, 7) is 7.67. The van der Waals surface area contributed by atoms with Gasteiger partial charge in [-0.3, -0.25) is 9.48 Å². The standard InChI is InChI=1S/C15H26N4O2/c1-5-11(6-2)19-13(7-10(3)18-19)15(20)17-12-8-16-9-14(12)21-4/h7,11-12,14,16H,5-6,8-9H2,1-4H3,(H,17,20)/t12-,14-/m0/s1. The summed E-state index contributed by atoms with van der Waals surface area (Å²) in [4.78, 5) is 12.6. The summed E-state index contributed by atoms with van der Waals surface area (Å²) in [5, 5.41) is 10.8. The van der Waals surface area contributed by atoms with E-state index in [0.29, 0.717) is 5.69 Å². The van der Waals surface area contributed by atoms with E-state index in [4.69, 9.17) is 4.74 Å². The molecule has 118 valence electrons. The van der Waals surface area contributed by atoms with Gasteiger partial charge in [0.25, 0.3) is 5.91 Å². The third-order valence-electron chi connectivity index (χ3n) is 4.16. The Morgan fingerprint density at radius 1 is 1.52 bits per heavy atom. The molecular formula is C15H26N4O2. The SMILES string of the molecule is CCC(CC)n1nc(C)cc1C(=O)N[C@H]1CNC[C@@H]1OC. The molecule has 1 aromatic rings. The molecule has 0 aromatic carbocycles. The van der Waals surface area contributed by atoms with Gasteiger partial charge < -0.3 is 15.4 Å². The first-order valence-electron chi connectivity index (χ1n) is 7.71. The summed E-state index contributed by atoms with van der Waals surface area (Å²) >= 11 is 0. The zero-order chi connectivity index (χ0) is 15.4. The molecule has 6 nitrogen and oxygen atoms in total. The van der Waals surface area contributed by atoms with Crippen molar-refractivity contribution < 1.29 is 9.53 Å². The predicted octanol–water partition coefficient (Wildman–Crippen LogP) is 1.27. The number of amides is 1. The Morgan fingerprint density at radius 2 is 2.24 bits per heavy atom. The van der Waals surface area contributed by atoms with Crippen LogP contribution < -0.4 is 10.6 Å². The van der Waals surface area contributed by atoms with Gasteiger partial charge in [-0.15, -0.1) is 0 Å². The smallest absolute Gasteiger partial charge is 0.269 e. The minimum absolute atomic E-state index is 0.00728. The lowest BCUT2D eigenvalue weighted by molar-refractivity contribution is 0.0770. The highest BCUT2D eigenvalue weighted by atomic mass is 16.5. The van der Waals surface area contributed by atoms with Crippen LogP contribution in [0.4, 0.5) is 0 Å². The van der Waals surface area contributed by atoms with Crippen LogP contribution in [0.2, 0.25) is 0 Å². The molecule has 21 heavy (non-hydrogen) atoms. The number of ether oxygens (including phenoxy) is 1. The fraction of sp³-hybridized carbons (Fsp3) is 0.733. The van der Waals surface area contributed by atoms with Crippen LogP contribution in [-0.2, 0) is 4.74 Å². The zero-order valence-electron chi connectivity index (χ0n) is 13.3. The summed E-state index contributed by atoms with van der Waals surface area (Å²) < 4.78 is 7.26. The van der Waals surface area contributed by atoms with E-state index in [1.54, 1.807) is 7.11 Å². The molecule has 0 saturated carbocycles. The van der Waals surface area contributed by atoms with E-state index >= 15 is 0 Å². The van der Waals surface area contributed by atoms with Crippen molar-refractivity contribution in [1.82, 2.24) is 20.4 Å². The molecule has 6 heteroatoms. The molecule has 0 spiro atoms. The number of carbonyl (C=O) groups is 1. The van der Waals surface area contributed by atoms with E-state index in [9.17, 15) is 4.79 Å². The van der Waals surface area contributed by atoms with E-state index in [2.05, 4.69) is 29.6 Å². The van der Waals surface area contributed by atoms with Crippen LogP contribution in [0.1, 0.15) is 48.9 Å². The number of methoxy groups -OCH3 is 1. The molecule has 1 fully saturated rings. The zero-order valence-corrected chi connectivity index (χ0v) is 13.3. The monoisotopic (exact) mass is 294 g/mol. The molecule has 1 amide bonds. The topological polar surface area (TPSA) is 68.2 Å². The van der Waals surface area contributed by atoms with E-state index in [1.807, 2.05) is 17.7 Å². The molecule has 1 aliphatic rings. The Labute approximate surface area is 126 Å². The van der Waals surface area contributed by atoms with E-state index in [-0.39, 0.29) is 24.1 Å². The fourth-order valence-electron chi connectivity index (χ4n) is 2.89. The first kappa shape index (κ1) is 16.0. The van der Waals surface area contributed by atoms with E-state index < -0.39 is 0 Å². The summed E-state index contributed by atoms with van der Waals surface area (Å²) in [6, 6.07) is 2.13. The van der Waals surface area contributed by atoms with Crippen molar-refractivity contribution in [3.63, 3.8) is 0 Å². The van der Waals surface area contributed by atoms with Gasteiger partial charge in [0.2, 0.25) is 0 Å². The molecule has 1 aromatic heterocycles. The Kier molecular flexibility index (Phi) is 5.36. The molecule has 0 radical (unpaired) electrons. The van der Waals surface area contributed by atoms with Crippen LogP contribution in [0.3, 0.4) is 0 Å². The number of nitrogens with zero attached hydrogens (tertiary/aromatic N) is 2. The number of aromatic nitrogens is 2. The first-order valence-corrected chi connectivity index (χ1v) is 7.71. The quantitative estimate of drug-likeness (QED) is 0.829. The van der Waals surface area contributed by atoms with Crippen molar-refractivity contribution in [2.24, 2.45) is 0 Å². The summed E-state index contributed by atoms with van der Waals surface area (Å²) in [7, 11) is 1.68. The molecular weight excluding hydrogens is 268 g/mol. The van der Waals surface area contributed by atoms with Crippen molar-refractivity contribution in [2.75, 3.05) is 20.2 Å². The van der Waals surface area contributed by atoms with E-state index in [1.165, 1.54) is 0 Å². The Balaban J connectivity index is 2.15. The van der Waals surface area contributed by atoms with Gasteiger partial charge in [-0.1, -0.05) is 13.8 Å². The lowest BCUT2D eigenvalue weighted by Gasteiger charge is -2.20. The molecule has 0 aliphatic carbocycles. The van der Waals surface area contributed by atoms with E-state index in [0.717, 1.165) is 31.6 Å². The van der Waals surface area contributed by atoms with Gasteiger partial charge in [-0.05, 0) is 25.8 Å². The van der Waals surface area contributed by atoms with Crippen LogP contribution in [0.5, 0.6) is 0 Å². The van der Waals surface area contributed by atoms with Gasteiger partial charge in [-0.25, -0.2) is 0 Å². The molecule has 2 rings (SSSR count). The highest BCUT2D eigenvalue weighted by Crippen LogP contribution is 2.18. The number of nitrogens with one attached hydrogen (secondary N) is 2. The molecule has 2 atom stereocenters. The maximum Gasteiger partial charge on any atom is 0.269 e. The highest BCUT2D eigenvalue weighted by molar-refractivity contribution is 5.93. The molecule has 0 bridgehead atoms. The van der Waals surface area contributed by atoms with Gasteiger partial charge in [0, 0.05) is 20.2 Å². The predicted molar refractivity (Wildman–Crippen MR) is 81.5 cm³/mol. The van der Waals surface area contributed by atoms with Gasteiger partial charge >= 0.3 is 0 Å². The third-order valence-corrected chi connectivity index (χ3v) is 4.16. The van der Waals surface area contributed by atoms with Crippen molar-refractivity contribution in [1.29, 1.82) is 0 Å². The second-order valence-corrected chi connectivity index (χ2v) is 5.60. The second-order valence-electron chi connectivity index (χ2n) is 5.60. The molecule has 1 aliphatic heterocycles. The van der Waals surface area contributed by atoms with Crippen LogP contribution in [0, 0.1) is 6.92 Å². The van der Waals surface area contributed by atoms with Crippen LogP contribution in [-0.4, -0.2) is 48.0 Å². The maximum atomic E-state index is 12.6. The number of carbonyl (C=O) groups excluding carboxylic acids is 1. The highest BCUT2D eigenvalue weighted by Gasteiger charge is 2.29. The normalized spacial score (nSPS) is 22.0. The molecule has 2 heterocycles. The minimum Gasteiger partial charge on any atom is -0.378 e. The largest absolute Gasteiger partial charge is 0.378 e. The number of hydrogen-bond donors (Lipinski definition) is 2. The minimum atomic E-state index is -0.0711. The van der Waals surface area contributed by atoms with Crippen LogP contribution in [0.25, 0.3) is 0 Å². The van der Waals surface area contributed by atoms with Crippen LogP contribution >= 0.6 is 0 Å². The molecule has 2 N–H and O–H groups in total. The maximum absolute atomic E-state index is 12.6. The number of rotatable bonds is 6. The van der Waals surface area contributed by atoms with Crippen molar-refractivity contribution in [3.8, 4) is 0 Å². The van der Waals surface area contributed by atoms with Gasteiger partial charge in [0.1, 0.15) is 5.69 Å². The fourth-order valence-corrected chi connectivity index (χ4v) is 2.89. The Bertz CT molecular complexity index is 482. The van der Waals surface area contributed by atoms with Gasteiger partial charge in [-0.2, -0.15) is 5.10 Å². The molecule has 1 saturated heterocycles. The summed E-state index contributed by atoms with van der Waals surface area (Å²) in [5.41, 5.74) is 1.52. The van der Waals surface area contributed by atoms with Crippen molar-refractivity contribution >= 4 is 5.91 Å². The third kappa shape index (κ3) is 3.44.